The molecule has 0 radical (unpaired) electrons. The molecule has 4 rings (SSSR count). The number of hydrogen-bond acceptors (Lipinski definition) is 5. The van der Waals surface area contributed by atoms with Crippen LogP contribution in [0, 0.1) is 0 Å². The van der Waals surface area contributed by atoms with Crippen molar-refractivity contribution in [3.05, 3.63) is 59.5 Å². The first-order valence-corrected chi connectivity index (χ1v) is 8.92. The third-order valence-electron chi connectivity index (χ3n) is 3.89. The molecule has 2 heterocycles. The molecule has 26 heavy (non-hydrogen) atoms. The van der Waals surface area contributed by atoms with E-state index >= 15 is 0 Å². The van der Waals surface area contributed by atoms with Gasteiger partial charge in [-0.1, -0.05) is 24.3 Å². The number of benzene rings is 2. The van der Waals surface area contributed by atoms with Crippen LogP contribution in [0.25, 0.3) is 11.3 Å². The molecule has 130 valence electrons. The Morgan fingerprint density at radius 3 is 2.92 bits per heavy atom. The maximum absolute atomic E-state index is 12.0. The number of para-hydroxylation sites is 1. The Morgan fingerprint density at radius 1 is 1.23 bits per heavy atom. The first kappa shape index (κ1) is 16.3. The average Bonchev–Trinajstić information content (AvgIpc) is 3.25. The Kier molecular flexibility index (Phi) is 4.37. The summed E-state index contributed by atoms with van der Waals surface area (Å²) in [6, 6.07) is 14.9. The van der Waals surface area contributed by atoms with Crippen molar-refractivity contribution in [1.82, 2.24) is 4.98 Å². The number of fused-ring (bicyclic) bond motifs is 1. The maximum Gasteiger partial charge on any atom is 0.264 e. The summed E-state index contributed by atoms with van der Waals surface area (Å²) >= 11 is 1.35. The van der Waals surface area contributed by atoms with E-state index in [4.69, 9.17) is 4.74 Å². The lowest BCUT2D eigenvalue weighted by atomic mass is 10.1. The second-order valence-electron chi connectivity index (χ2n) is 5.78. The van der Waals surface area contributed by atoms with Crippen LogP contribution in [-0.4, -0.2) is 23.4 Å². The van der Waals surface area contributed by atoms with E-state index in [1.54, 1.807) is 12.1 Å². The van der Waals surface area contributed by atoms with Crippen LogP contribution >= 0.6 is 11.3 Å². The van der Waals surface area contributed by atoms with Crippen LogP contribution in [0.15, 0.2) is 53.9 Å². The van der Waals surface area contributed by atoms with Gasteiger partial charge in [-0.3, -0.25) is 14.9 Å². The van der Waals surface area contributed by atoms with Gasteiger partial charge in [0, 0.05) is 16.6 Å². The second kappa shape index (κ2) is 6.97. The number of nitrogens with one attached hydrogen (secondary N) is 2. The number of amides is 2. The number of anilines is 2. The molecule has 0 bridgehead atoms. The summed E-state index contributed by atoms with van der Waals surface area (Å²) in [6.45, 7) is -0.0778. The van der Waals surface area contributed by atoms with Crippen molar-refractivity contribution >= 4 is 34.0 Å². The van der Waals surface area contributed by atoms with E-state index in [1.165, 1.54) is 11.3 Å². The zero-order valence-electron chi connectivity index (χ0n) is 13.7. The number of hydrogen-bond donors (Lipinski definition) is 2. The zero-order valence-corrected chi connectivity index (χ0v) is 14.5. The molecule has 1 aromatic heterocycles. The van der Waals surface area contributed by atoms with Gasteiger partial charge < -0.3 is 10.1 Å². The molecule has 2 aromatic carbocycles. The van der Waals surface area contributed by atoms with Crippen LogP contribution in [0.5, 0.6) is 5.75 Å². The summed E-state index contributed by atoms with van der Waals surface area (Å²) in [7, 11) is 0. The lowest BCUT2D eigenvalue weighted by Gasteiger charge is -2.05. The van der Waals surface area contributed by atoms with Crippen molar-refractivity contribution in [2.45, 2.75) is 6.42 Å². The summed E-state index contributed by atoms with van der Waals surface area (Å²) < 4.78 is 5.42. The number of nitrogens with zero attached hydrogens (tertiary/aromatic N) is 1. The Labute approximate surface area is 153 Å². The Bertz CT molecular complexity index is 969. The van der Waals surface area contributed by atoms with Crippen molar-refractivity contribution in [2.24, 2.45) is 0 Å². The standard InChI is InChI=1S/C19H15N3O3S/c23-17-9-13-8-12(6-7-15(13)20-17)16-11-26-19(21-16)22-18(24)10-25-14-4-2-1-3-5-14/h1-8,11H,9-10H2,(H,20,23)(H,21,22,24). The van der Waals surface area contributed by atoms with Gasteiger partial charge in [-0.15, -0.1) is 11.3 Å². The number of ether oxygens (including phenoxy) is 1. The molecule has 6 nitrogen and oxygen atoms in total. The average molecular weight is 365 g/mol. The number of thiazole rings is 1. The minimum atomic E-state index is -0.265. The SMILES string of the molecule is O=C(COc1ccccc1)Nc1nc(-c2ccc3c(c2)CC(=O)N3)cs1. The fourth-order valence-corrected chi connectivity index (χ4v) is 3.41. The minimum absolute atomic E-state index is 0.00166. The molecule has 2 amide bonds. The number of carbonyl (C=O) groups excluding carboxylic acids is 2. The monoisotopic (exact) mass is 365 g/mol. The van der Waals surface area contributed by atoms with Gasteiger partial charge in [0.25, 0.3) is 5.91 Å². The highest BCUT2D eigenvalue weighted by Gasteiger charge is 2.18. The van der Waals surface area contributed by atoms with Crippen LogP contribution in [0.4, 0.5) is 10.8 Å². The molecular formula is C19H15N3O3S. The highest BCUT2D eigenvalue weighted by Crippen LogP contribution is 2.30. The molecule has 0 aliphatic carbocycles. The zero-order chi connectivity index (χ0) is 17.9. The van der Waals surface area contributed by atoms with E-state index in [0.29, 0.717) is 17.3 Å². The predicted octanol–water partition coefficient (Wildman–Crippen LogP) is 3.32. The first-order valence-electron chi connectivity index (χ1n) is 8.04. The van der Waals surface area contributed by atoms with Gasteiger partial charge in [0.2, 0.25) is 5.91 Å². The molecule has 1 aliphatic heterocycles. The molecule has 0 saturated carbocycles. The van der Waals surface area contributed by atoms with Crippen molar-refractivity contribution in [3.63, 3.8) is 0 Å². The van der Waals surface area contributed by atoms with Gasteiger partial charge >= 0.3 is 0 Å². The van der Waals surface area contributed by atoms with Crippen molar-refractivity contribution in [2.75, 3.05) is 17.2 Å². The summed E-state index contributed by atoms with van der Waals surface area (Å²) in [5.74, 6) is 0.379. The summed E-state index contributed by atoms with van der Waals surface area (Å²) in [5.41, 5.74) is 3.48. The van der Waals surface area contributed by atoms with Gasteiger partial charge in [-0.05, 0) is 29.8 Å². The molecule has 0 unspecified atom stereocenters. The van der Waals surface area contributed by atoms with E-state index in [1.807, 2.05) is 41.8 Å². The molecular weight excluding hydrogens is 350 g/mol. The molecule has 0 spiro atoms. The molecule has 2 N–H and O–H groups in total. The number of aromatic nitrogens is 1. The molecule has 0 saturated heterocycles. The lowest BCUT2D eigenvalue weighted by molar-refractivity contribution is -0.118. The van der Waals surface area contributed by atoms with E-state index in [9.17, 15) is 9.59 Å². The van der Waals surface area contributed by atoms with Gasteiger partial charge in [-0.2, -0.15) is 0 Å². The number of carbonyl (C=O) groups is 2. The third-order valence-corrected chi connectivity index (χ3v) is 4.65. The van der Waals surface area contributed by atoms with Crippen LogP contribution in [0.2, 0.25) is 0 Å². The lowest BCUT2D eigenvalue weighted by Crippen LogP contribution is -2.19. The van der Waals surface area contributed by atoms with Crippen LogP contribution in [0.3, 0.4) is 0 Å². The Hall–Kier alpha value is -3.19. The fourth-order valence-electron chi connectivity index (χ4n) is 2.67. The highest BCUT2D eigenvalue weighted by molar-refractivity contribution is 7.14. The fraction of sp³-hybridized carbons (Fsp3) is 0.105. The quantitative estimate of drug-likeness (QED) is 0.727. The van der Waals surface area contributed by atoms with Gasteiger partial charge in [0.05, 0.1) is 12.1 Å². The normalized spacial score (nSPS) is 12.4. The van der Waals surface area contributed by atoms with Crippen molar-refractivity contribution in [1.29, 1.82) is 0 Å². The third kappa shape index (κ3) is 3.57. The van der Waals surface area contributed by atoms with Crippen molar-refractivity contribution in [3.8, 4) is 17.0 Å². The van der Waals surface area contributed by atoms with Crippen LogP contribution in [-0.2, 0) is 16.0 Å². The Morgan fingerprint density at radius 2 is 2.08 bits per heavy atom. The summed E-state index contributed by atoms with van der Waals surface area (Å²) in [5, 5.41) is 7.93. The van der Waals surface area contributed by atoms with Gasteiger partial charge in [-0.25, -0.2) is 4.98 Å². The smallest absolute Gasteiger partial charge is 0.264 e. The highest BCUT2D eigenvalue weighted by atomic mass is 32.1. The van der Waals surface area contributed by atoms with Crippen molar-refractivity contribution < 1.29 is 14.3 Å². The minimum Gasteiger partial charge on any atom is -0.484 e. The molecule has 0 fully saturated rings. The van der Waals surface area contributed by atoms with Crippen LogP contribution in [0.1, 0.15) is 5.56 Å². The van der Waals surface area contributed by atoms with E-state index < -0.39 is 0 Å². The predicted molar refractivity (Wildman–Crippen MR) is 100 cm³/mol. The summed E-state index contributed by atoms with van der Waals surface area (Å²) in [4.78, 5) is 27.9. The van der Waals surface area contributed by atoms with E-state index in [2.05, 4.69) is 15.6 Å². The second-order valence-corrected chi connectivity index (χ2v) is 6.64. The maximum atomic E-state index is 12.0. The van der Waals surface area contributed by atoms with Crippen LogP contribution < -0.4 is 15.4 Å². The largest absolute Gasteiger partial charge is 0.484 e. The van der Waals surface area contributed by atoms with E-state index in [-0.39, 0.29) is 18.4 Å². The first-order chi connectivity index (χ1) is 12.7. The van der Waals surface area contributed by atoms with Gasteiger partial charge in [0.15, 0.2) is 11.7 Å². The topological polar surface area (TPSA) is 80.3 Å². The molecule has 3 aromatic rings. The summed E-state index contributed by atoms with van der Waals surface area (Å²) in [6.07, 6.45) is 0.383. The molecule has 1 aliphatic rings. The van der Waals surface area contributed by atoms with E-state index in [0.717, 1.165) is 22.5 Å². The Balaban J connectivity index is 1.39. The molecule has 0 atom stereocenters. The molecule has 7 heteroatoms. The number of rotatable bonds is 5. The van der Waals surface area contributed by atoms with Gasteiger partial charge in [0.1, 0.15) is 5.75 Å².